The highest BCUT2D eigenvalue weighted by atomic mass is 16.3. The first kappa shape index (κ1) is 44.0. The highest BCUT2D eigenvalue weighted by Crippen LogP contribution is 2.21. The molecule has 2 bridgehead atoms. The van der Waals surface area contributed by atoms with Gasteiger partial charge in [0.15, 0.2) is 0 Å². The second kappa shape index (κ2) is 23.4. The van der Waals surface area contributed by atoms with E-state index in [1.54, 1.807) is 13.8 Å². The molecule has 4 unspecified atom stereocenters. The molecule has 14 heteroatoms. The fourth-order valence-corrected chi connectivity index (χ4v) is 5.35. The number of carbonyl (C=O) groups excluding carboxylic acids is 6. The minimum absolute atomic E-state index is 0.0449. The predicted molar refractivity (Wildman–Crippen MR) is 193 cm³/mol. The maximum Gasteiger partial charge on any atom is 0.245 e. The summed E-state index contributed by atoms with van der Waals surface area (Å²) in [6, 6.07) is -2.88. The van der Waals surface area contributed by atoms with Gasteiger partial charge < -0.3 is 36.6 Å². The molecule has 0 saturated carbocycles. The molecule has 2 saturated heterocycles. The largest absolute Gasteiger partial charge is 0.393 e. The number of nitrogens with zero attached hydrogens (tertiary/aromatic N) is 1. The van der Waals surface area contributed by atoms with Crippen LogP contribution in [0.1, 0.15) is 99.8 Å². The van der Waals surface area contributed by atoms with Gasteiger partial charge in [0.25, 0.3) is 0 Å². The van der Waals surface area contributed by atoms with Gasteiger partial charge in [-0.1, -0.05) is 63.8 Å². The molecule has 2 rings (SSSR count). The van der Waals surface area contributed by atoms with Crippen LogP contribution in [0.15, 0.2) is 36.6 Å². The highest BCUT2D eigenvalue weighted by Gasteiger charge is 2.45. The Balaban J connectivity index is 0.000000700. The van der Waals surface area contributed by atoms with Gasteiger partial charge in [0.1, 0.15) is 24.7 Å². The summed E-state index contributed by atoms with van der Waals surface area (Å²) in [4.78, 5) is 75.9. The summed E-state index contributed by atoms with van der Waals surface area (Å²) in [6.45, 7) is 11.9. The lowest BCUT2D eigenvalue weighted by Gasteiger charge is -2.31. The van der Waals surface area contributed by atoms with Crippen LogP contribution in [0.25, 0.3) is 0 Å². The minimum Gasteiger partial charge on any atom is -0.393 e. The monoisotopic (exact) mass is 703 g/mol. The van der Waals surface area contributed by atoms with Crippen LogP contribution in [0.2, 0.25) is 0 Å². The summed E-state index contributed by atoms with van der Waals surface area (Å²) >= 11 is 0. The van der Waals surface area contributed by atoms with Crippen molar-refractivity contribution in [3.63, 3.8) is 0 Å². The zero-order chi connectivity index (χ0) is 37.7. The summed E-state index contributed by atoms with van der Waals surface area (Å²) in [5.41, 5.74) is -0.836. The molecule has 0 spiro atoms. The first-order valence-corrected chi connectivity index (χ1v) is 17.7. The fraction of sp³-hybridized carbons (Fsp3) is 0.667. The highest BCUT2D eigenvalue weighted by molar-refractivity contribution is 5.96. The molecule has 14 nitrogen and oxygen atoms in total. The summed E-state index contributed by atoms with van der Waals surface area (Å²) < 4.78 is 0. The molecule has 0 aromatic rings. The van der Waals surface area contributed by atoms with Crippen LogP contribution in [0.5, 0.6) is 0 Å². The van der Waals surface area contributed by atoms with Gasteiger partial charge in [-0.2, -0.15) is 0 Å². The fourth-order valence-electron chi connectivity index (χ4n) is 5.35. The van der Waals surface area contributed by atoms with Crippen molar-refractivity contribution in [2.75, 3.05) is 19.6 Å². The first-order chi connectivity index (χ1) is 23.6. The SMILES string of the molecule is C/C=C/C=C/CCCCCCCC(C)O.CC(=O)N/C=C/C(=O)NCC1NC(=O)C(CC(C)C)NC(=O)CN2C(=O)C(CNC1=O)NC2(C)C. The number of hydrogen-bond donors (Lipinski definition) is 7. The van der Waals surface area contributed by atoms with E-state index in [9.17, 15) is 28.8 Å². The number of allylic oxidation sites excluding steroid dienone is 4. The number of rotatable bonds is 15. The van der Waals surface area contributed by atoms with Gasteiger partial charge in [-0.25, -0.2) is 0 Å². The molecule has 6 amide bonds. The van der Waals surface area contributed by atoms with Crippen molar-refractivity contribution >= 4 is 35.4 Å². The third kappa shape index (κ3) is 18.1. The Morgan fingerprint density at radius 1 is 0.980 bits per heavy atom. The van der Waals surface area contributed by atoms with E-state index in [1.807, 2.05) is 33.8 Å². The molecule has 7 N–H and O–H groups in total. The van der Waals surface area contributed by atoms with Crippen molar-refractivity contribution in [3.05, 3.63) is 36.6 Å². The minimum atomic E-state index is -1.17. The van der Waals surface area contributed by atoms with Crippen LogP contribution in [0.4, 0.5) is 0 Å². The number of unbranched alkanes of at least 4 members (excludes halogenated alkanes) is 5. The summed E-state index contributed by atoms with van der Waals surface area (Å²) in [5, 5.41) is 24.9. The number of aliphatic hydroxyl groups is 1. The van der Waals surface area contributed by atoms with E-state index < -0.39 is 47.4 Å². The van der Waals surface area contributed by atoms with Crippen molar-refractivity contribution in [2.45, 2.75) is 130 Å². The van der Waals surface area contributed by atoms with Gasteiger partial charge in [-0.05, 0) is 59.3 Å². The Hall–Kier alpha value is -4.04. The molecular formula is C36H61N7O7. The van der Waals surface area contributed by atoms with Crippen LogP contribution < -0.4 is 31.9 Å². The average Bonchev–Trinajstić information content (AvgIpc) is 3.24. The number of nitrogens with one attached hydrogen (secondary N) is 6. The Morgan fingerprint density at radius 2 is 1.66 bits per heavy atom. The lowest BCUT2D eigenvalue weighted by Crippen LogP contribution is -2.59. The van der Waals surface area contributed by atoms with Crippen molar-refractivity contribution in [1.82, 2.24) is 36.8 Å². The summed E-state index contributed by atoms with van der Waals surface area (Å²) in [6.07, 6.45) is 19.4. The maximum absolute atomic E-state index is 13.0. The molecule has 0 aliphatic carbocycles. The number of aliphatic hydroxyl groups excluding tert-OH is 1. The Morgan fingerprint density at radius 3 is 2.30 bits per heavy atom. The quantitative estimate of drug-likeness (QED) is 0.0759. The normalized spacial score (nSPS) is 21.9. The predicted octanol–water partition coefficient (Wildman–Crippen LogP) is 1.66. The molecule has 0 aromatic heterocycles. The molecule has 0 radical (unpaired) electrons. The van der Waals surface area contributed by atoms with Crippen LogP contribution in [-0.2, 0) is 28.8 Å². The molecule has 4 atom stereocenters. The third-order valence-corrected chi connectivity index (χ3v) is 7.97. The number of fused-ring (bicyclic) bond motifs is 2. The van der Waals surface area contributed by atoms with E-state index in [0.717, 1.165) is 18.7 Å². The number of carbonyl (C=O) groups is 6. The van der Waals surface area contributed by atoms with Crippen LogP contribution in [0, 0.1) is 5.92 Å². The number of hydrogen-bond acceptors (Lipinski definition) is 8. The lowest BCUT2D eigenvalue weighted by molar-refractivity contribution is -0.137. The Bertz CT molecular complexity index is 1210. The standard InChI is InChI=1S/C22H35N7O6.C14H26O/c1-12(2)8-14-20(34)27-15(9-24-17(31)6-7-23-13(3)30)19(33)25-10-16-21(35)29(11-18(32)26-14)22(4,5)28-16;1-3-4-5-6-7-8-9-10-11-12-13-14(2)15/h6-7,12,14-16,28H,8-11H2,1-5H3,(H,23,30)(H,24,31)(H,25,33)(H,26,32)(H,27,34);3-6,14-15H,7-13H2,1-2H3/b7-6+;4-3+,6-5+. The van der Waals surface area contributed by atoms with Crippen molar-refractivity contribution < 1.29 is 33.9 Å². The second-order valence-electron chi connectivity index (χ2n) is 13.7. The van der Waals surface area contributed by atoms with Crippen molar-refractivity contribution in [1.29, 1.82) is 0 Å². The van der Waals surface area contributed by atoms with Crippen molar-refractivity contribution in [3.8, 4) is 0 Å². The molecule has 2 aliphatic rings. The van der Waals surface area contributed by atoms with Gasteiger partial charge in [-0.15, -0.1) is 0 Å². The molecule has 50 heavy (non-hydrogen) atoms. The zero-order valence-electron chi connectivity index (χ0n) is 31.0. The third-order valence-electron chi connectivity index (χ3n) is 7.97. The van der Waals surface area contributed by atoms with E-state index in [0.29, 0.717) is 6.42 Å². The van der Waals surface area contributed by atoms with Crippen LogP contribution in [-0.4, -0.2) is 95.0 Å². The molecular weight excluding hydrogens is 642 g/mol. The number of amides is 6. The van der Waals surface area contributed by atoms with E-state index >= 15 is 0 Å². The molecule has 282 valence electrons. The van der Waals surface area contributed by atoms with E-state index in [1.165, 1.54) is 50.3 Å². The average molecular weight is 704 g/mol. The molecule has 2 aliphatic heterocycles. The van der Waals surface area contributed by atoms with E-state index in [2.05, 4.69) is 50.1 Å². The second-order valence-corrected chi connectivity index (χ2v) is 13.7. The molecule has 2 heterocycles. The molecule has 0 aromatic carbocycles. The van der Waals surface area contributed by atoms with Crippen LogP contribution >= 0.6 is 0 Å². The van der Waals surface area contributed by atoms with Crippen molar-refractivity contribution in [2.24, 2.45) is 5.92 Å². The Labute approximate surface area is 297 Å². The van der Waals surface area contributed by atoms with Gasteiger partial charge in [0.05, 0.1) is 11.8 Å². The van der Waals surface area contributed by atoms with Gasteiger partial charge in [0, 0.05) is 32.3 Å². The maximum atomic E-state index is 13.0. The van der Waals surface area contributed by atoms with Crippen LogP contribution in [0.3, 0.4) is 0 Å². The lowest BCUT2D eigenvalue weighted by atomic mass is 10.0. The summed E-state index contributed by atoms with van der Waals surface area (Å²) in [7, 11) is 0. The van der Waals surface area contributed by atoms with Gasteiger partial charge in [-0.3, -0.25) is 34.1 Å². The van der Waals surface area contributed by atoms with Gasteiger partial charge >= 0.3 is 0 Å². The Kier molecular flexibility index (Phi) is 20.6. The van der Waals surface area contributed by atoms with E-state index in [4.69, 9.17) is 5.11 Å². The smallest absolute Gasteiger partial charge is 0.245 e. The first-order valence-electron chi connectivity index (χ1n) is 17.7. The topological polar surface area (TPSA) is 198 Å². The van der Waals surface area contributed by atoms with Gasteiger partial charge in [0.2, 0.25) is 35.4 Å². The van der Waals surface area contributed by atoms with E-state index in [-0.39, 0.29) is 43.5 Å². The summed E-state index contributed by atoms with van der Waals surface area (Å²) in [5.74, 6) is -2.95. The zero-order valence-corrected chi connectivity index (χ0v) is 31.0. The molecule has 2 fully saturated rings.